The van der Waals surface area contributed by atoms with Crippen molar-refractivity contribution in [2.75, 3.05) is 20.7 Å². The number of nitriles is 1. The molecule has 3 fully saturated rings. The number of ketones is 1. The van der Waals surface area contributed by atoms with Gasteiger partial charge in [-0.15, -0.1) is 0 Å². The molecule has 0 aliphatic heterocycles. The number of hydrogen-bond acceptors (Lipinski definition) is 5. The van der Waals surface area contributed by atoms with Crippen molar-refractivity contribution in [1.29, 1.82) is 5.26 Å². The predicted octanol–water partition coefficient (Wildman–Crippen LogP) is 8.68. The van der Waals surface area contributed by atoms with Crippen molar-refractivity contribution in [3.8, 4) is 11.8 Å². The number of likely N-dealkylation sites (N-methyl/N-ethyl adjacent to an activating group) is 1. The van der Waals surface area contributed by atoms with Gasteiger partial charge in [-0.25, -0.2) is 4.68 Å². The predicted molar refractivity (Wildman–Crippen MR) is 205 cm³/mol. The number of Topliss-reactive ketones (excluding diaryl/α,β-unsaturated/α-hetero) is 1. The fourth-order valence-corrected chi connectivity index (χ4v) is 12.5. The first kappa shape index (κ1) is 37.8. The van der Waals surface area contributed by atoms with Gasteiger partial charge in [-0.05, 0) is 147 Å². The summed E-state index contributed by atoms with van der Waals surface area (Å²) in [7, 11) is 3.81. The van der Waals surface area contributed by atoms with Gasteiger partial charge < -0.3 is 10.1 Å². The Balaban J connectivity index is 1.51. The van der Waals surface area contributed by atoms with Crippen molar-refractivity contribution in [2.45, 2.75) is 138 Å². The second-order valence-corrected chi connectivity index (χ2v) is 17.9. The molecule has 51 heavy (non-hydrogen) atoms. The van der Waals surface area contributed by atoms with E-state index in [9.17, 15) is 14.9 Å². The van der Waals surface area contributed by atoms with Crippen molar-refractivity contribution < 1.29 is 9.53 Å². The van der Waals surface area contributed by atoms with E-state index in [1.807, 2.05) is 37.9 Å². The molecule has 7 nitrogen and oxygen atoms in total. The van der Waals surface area contributed by atoms with Crippen LogP contribution in [0.25, 0.3) is 5.69 Å². The number of methoxy groups -OCH3 is 1. The van der Waals surface area contributed by atoms with Gasteiger partial charge in [0.1, 0.15) is 0 Å². The second kappa shape index (κ2) is 13.8. The monoisotopic (exact) mass is 696 g/mol. The van der Waals surface area contributed by atoms with Crippen LogP contribution in [-0.2, 0) is 21.5 Å². The third-order valence-corrected chi connectivity index (χ3v) is 15.6. The maximum absolute atomic E-state index is 14.5. The summed E-state index contributed by atoms with van der Waals surface area (Å²) in [6.07, 6.45) is 10.8. The molecule has 1 aromatic carbocycles. The number of aromatic nitrogens is 2. The zero-order chi connectivity index (χ0) is 37.1. The lowest BCUT2D eigenvalue weighted by Crippen LogP contribution is -2.62. The van der Waals surface area contributed by atoms with Gasteiger partial charge in [0.05, 0.1) is 35.7 Å². The summed E-state index contributed by atoms with van der Waals surface area (Å²) in [4.78, 5) is 29.0. The SMILES string of the molecule is CCC(CCC1(C)C(C)CCC2(C)C1CCC1C3=C(C(C)C)C(=O)CC3(c3c(C)c(=O)n(-c4ccc(C#N)cc4)n3CCNC)CC[C@]12C)OC. The van der Waals surface area contributed by atoms with Crippen LogP contribution in [0.5, 0.6) is 0 Å². The summed E-state index contributed by atoms with van der Waals surface area (Å²) in [5.74, 6) is 1.98. The van der Waals surface area contributed by atoms with Crippen LogP contribution < -0.4 is 10.9 Å². The number of hydrogen-bond donors (Lipinski definition) is 1. The Hall–Kier alpha value is -2.95. The van der Waals surface area contributed by atoms with Crippen molar-refractivity contribution in [3.05, 3.63) is 62.6 Å². The van der Waals surface area contributed by atoms with Gasteiger partial charge in [-0.3, -0.25) is 14.3 Å². The van der Waals surface area contributed by atoms with Crippen LogP contribution in [0, 0.1) is 58.2 Å². The summed E-state index contributed by atoms with van der Waals surface area (Å²) in [5.41, 5.74) is 5.42. The van der Waals surface area contributed by atoms with E-state index in [2.05, 4.69) is 64.5 Å². The molecule has 4 aliphatic rings. The molecule has 0 amide bonds. The lowest BCUT2D eigenvalue weighted by molar-refractivity contribution is -0.183. The molecule has 0 spiro atoms. The van der Waals surface area contributed by atoms with E-state index >= 15 is 0 Å². The zero-order valence-electron chi connectivity index (χ0n) is 33.2. The fraction of sp³-hybridized carbons (Fsp3) is 0.705. The minimum absolute atomic E-state index is 0.0348. The highest BCUT2D eigenvalue weighted by molar-refractivity contribution is 6.02. The third kappa shape index (κ3) is 5.56. The summed E-state index contributed by atoms with van der Waals surface area (Å²) in [6.45, 7) is 20.3. The smallest absolute Gasteiger partial charge is 0.274 e. The number of benzene rings is 1. The molecule has 1 aromatic heterocycles. The van der Waals surface area contributed by atoms with Gasteiger partial charge in [0.2, 0.25) is 0 Å². The van der Waals surface area contributed by atoms with E-state index in [-0.39, 0.29) is 33.5 Å². The topological polar surface area (TPSA) is 89.0 Å². The summed E-state index contributed by atoms with van der Waals surface area (Å²) < 4.78 is 9.91. The number of allylic oxidation sites excluding steroid dienone is 2. The van der Waals surface area contributed by atoms with Gasteiger partial charge >= 0.3 is 0 Å². The number of carbonyl (C=O) groups is 1. The van der Waals surface area contributed by atoms with Crippen LogP contribution in [0.3, 0.4) is 0 Å². The van der Waals surface area contributed by atoms with Crippen molar-refractivity contribution in [3.63, 3.8) is 0 Å². The molecular weight excluding hydrogens is 633 g/mol. The average Bonchev–Trinajstić information content (AvgIpc) is 3.56. The molecule has 0 radical (unpaired) electrons. The molecule has 1 heterocycles. The minimum Gasteiger partial charge on any atom is -0.381 e. The minimum atomic E-state index is -0.503. The number of rotatable bonds is 11. The Morgan fingerprint density at radius 3 is 2.35 bits per heavy atom. The Bertz CT molecular complexity index is 1770. The van der Waals surface area contributed by atoms with E-state index in [0.29, 0.717) is 48.9 Å². The fourth-order valence-electron chi connectivity index (χ4n) is 12.5. The third-order valence-electron chi connectivity index (χ3n) is 15.6. The Morgan fingerprint density at radius 2 is 1.75 bits per heavy atom. The normalized spacial score (nSPS) is 33.9. The van der Waals surface area contributed by atoms with E-state index in [4.69, 9.17) is 4.74 Å². The van der Waals surface area contributed by atoms with Crippen molar-refractivity contribution >= 4 is 5.78 Å². The Labute approximate surface area is 307 Å². The highest BCUT2D eigenvalue weighted by atomic mass is 16.5. The largest absolute Gasteiger partial charge is 0.381 e. The molecule has 0 bridgehead atoms. The van der Waals surface area contributed by atoms with Crippen LogP contribution in [0.4, 0.5) is 0 Å². The van der Waals surface area contributed by atoms with Gasteiger partial charge in [0.15, 0.2) is 5.78 Å². The van der Waals surface area contributed by atoms with Crippen molar-refractivity contribution in [2.24, 2.45) is 39.9 Å². The van der Waals surface area contributed by atoms with Gasteiger partial charge in [-0.2, -0.15) is 5.26 Å². The lowest BCUT2D eigenvalue weighted by atomic mass is 9.35. The molecule has 7 heteroatoms. The Morgan fingerprint density at radius 1 is 1.04 bits per heavy atom. The molecule has 2 aromatic rings. The van der Waals surface area contributed by atoms with Gasteiger partial charge in [0.25, 0.3) is 5.56 Å². The highest BCUT2D eigenvalue weighted by Crippen LogP contribution is 2.75. The first-order chi connectivity index (χ1) is 24.2. The first-order valence-electron chi connectivity index (χ1n) is 20.0. The molecule has 8 atom stereocenters. The summed E-state index contributed by atoms with van der Waals surface area (Å²) >= 11 is 0. The maximum Gasteiger partial charge on any atom is 0.274 e. The molecule has 0 saturated heterocycles. The number of carbonyl (C=O) groups excluding carboxylic acids is 1. The van der Waals surface area contributed by atoms with Crippen molar-refractivity contribution in [1.82, 2.24) is 14.7 Å². The summed E-state index contributed by atoms with van der Waals surface area (Å²) in [6, 6.07) is 9.54. The number of nitrogens with one attached hydrogen (secondary N) is 1. The number of ether oxygens (including phenoxy) is 1. The lowest BCUT2D eigenvalue weighted by Gasteiger charge is -2.69. The van der Waals surface area contributed by atoms with Gasteiger partial charge in [-0.1, -0.05) is 48.5 Å². The highest BCUT2D eigenvalue weighted by Gasteiger charge is 2.68. The molecule has 278 valence electrons. The standard InChI is InChI=1S/C44H64N4O3/c1-11-33(51-10)19-20-41(6)29(4)18-21-43(8)36(41)17-16-34-38-37(28(2)3)35(49)26-44(38,23-22-42(34,43)7)39-30(5)40(50)48(47(39)25-24-46-9)32-14-12-31(27-45)13-15-32/h12-15,28-29,33-34,36,46H,11,16-26H2,1-10H3/t29?,33?,34?,36?,41?,42-,43?,44?/m1/s1. The molecule has 6 rings (SSSR count). The number of nitrogens with zero attached hydrogens (tertiary/aromatic N) is 3. The molecule has 1 N–H and O–H groups in total. The molecule has 7 unspecified atom stereocenters. The molecular formula is C44H64N4O3. The Kier molecular flexibility index (Phi) is 10.2. The van der Waals surface area contributed by atoms with Gasteiger partial charge in [0, 0.05) is 31.1 Å². The molecule has 4 aliphatic carbocycles. The zero-order valence-corrected chi connectivity index (χ0v) is 33.2. The second-order valence-electron chi connectivity index (χ2n) is 17.9. The molecule has 3 saturated carbocycles. The van der Waals surface area contributed by atoms with E-state index in [1.165, 1.54) is 31.3 Å². The quantitative estimate of drug-likeness (QED) is 0.254. The van der Waals surface area contributed by atoms with E-state index < -0.39 is 5.41 Å². The van der Waals surface area contributed by atoms with Crippen LogP contribution in [0.2, 0.25) is 0 Å². The average molecular weight is 697 g/mol. The van der Waals surface area contributed by atoms with E-state index in [1.54, 1.807) is 12.1 Å². The maximum atomic E-state index is 14.5. The number of fused-ring (bicyclic) bond motifs is 5. The summed E-state index contributed by atoms with van der Waals surface area (Å²) in [5, 5.41) is 12.8. The van der Waals surface area contributed by atoms with Crippen LogP contribution >= 0.6 is 0 Å². The van der Waals surface area contributed by atoms with Crippen LogP contribution in [-0.4, -0.2) is 42.0 Å². The van der Waals surface area contributed by atoms with Crippen LogP contribution in [0.1, 0.15) is 129 Å². The van der Waals surface area contributed by atoms with Crippen LogP contribution in [0.15, 0.2) is 40.2 Å². The van der Waals surface area contributed by atoms with E-state index in [0.717, 1.165) is 54.6 Å². The first-order valence-corrected chi connectivity index (χ1v) is 20.0.